The fourth-order valence-corrected chi connectivity index (χ4v) is 2.63. The van der Waals surface area contributed by atoms with Crippen LogP contribution in [-0.4, -0.2) is 52.3 Å². The fourth-order valence-electron chi connectivity index (χ4n) is 2.63. The number of morpholine rings is 1. The van der Waals surface area contributed by atoms with Gasteiger partial charge in [-0.15, -0.1) is 0 Å². The van der Waals surface area contributed by atoms with Gasteiger partial charge in [-0.3, -0.25) is 9.89 Å². The van der Waals surface area contributed by atoms with Gasteiger partial charge in [0, 0.05) is 13.0 Å². The third-order valence-corrected chi connectivity index (χ3v) is 3.93. The largest absolute Gasteiger partial charge is 0.481 e. The van der Waals surface area contributed by atoms with E-state index in [4.69, 9.17) is 9.47 Å². The van der Waals surface area contributed by atoms with Crippen LogP contribution in [-0.2, 0) is 16.0 Å². The number of aryl methyl sites for hydroxylation is 1. The highest BCUT2D eigenvalue weighted by Crippen LogP contribution is 2.20. The zero-order chi connectivity index (χ0) is 17.6. The number of nitrogens with one attached hydrogen (secondary N) is 1. The molecule has 0 unspecified atom stereocenters. The number of nitrogens with zero attached hydrogens (tertiary/aromatic N) is 3. The Labute approximate surface area is 145 Å². The number of benzene rings is 1. The van der Waals surface area contributed by atoms with Gasteiger partial charge in [-0.05, 0) is 18.6 Å². The van der Waals surface area contributed by atoms with Gasteiger partial charge < -0.3 is 14.4 Å². The van der Waals surface area contributed by atoms with Crippen molar-refractivity contribution < 1.29 is 18.7 Å². The van der Waals surface area contributed by atoms with E-state index in [-0.39, 0.29) is 24.4 Å². The summed E-state index contributed by atoms with van der Waals surface area (Å²) >= 11 is 0. The van der Waals surface area contributed by atoms with Crippen molar-refractivity contribution in [1.29, 1.82) is 0 Å². The lowest BCUT2D eigenvalue weighted by atomic mass is 10.2. The summed E-state index contributed by atoms with van der Waals surface area (Å²) in [5.41, 5.74) is 0. The summed E-state index contributed by atoms with van der Waals surface area (Å²) in [4.78, 5) is 18.4. The molecule has 25 heavy (non-hydrogen) atoms. The van der Waals surface area contributed by atoms with Gasteiger partial charge in [0.05, 0.1) is 13.2 Å². The van der Waals surface area contributed by atoms with Crippen LogP contribution in [0.4, 0.5) is 4.39 Å². The Morgan fingerprint density at radius 2 is 2.32 bits per heavy atom. The number of carbonyl (C=O) groups excluding carboxylic acids is 1. The number of ether oxygens (including phenoxy) is 2. The number of H-pyrrole nitrogens is 1. The van der Waals surface area contributed by atoms with Gasteiger partial charge in [-0.2, -0.15) is 5.10 Å². The number of hydrogen-bond donors (Lipinski definition) is 1. The van der Waals surface area contributed by atoms with Crippen LogP contribution in [0.1, 0.15) is 31.1 Å². The molecule has 1 aliphatic rings. The van der Waals surface area contributed by atoms with Gasteiger partial charge in [-0.25, -0.2) is 9.37 Å². The molecule has 0 aliphatic carbocycles. The maximum atomic E-state index is 13.5. The predicted molar refractivity (Wildman–Crippen MR) is 87.5 cm³/mol. The molecule has 1 aromatic heterocycles. The quantitative estimate of drug-likeness (QED) is 0.862. The summed E-state index contributed by atoms with van der Waals surface area (Å²) in [5.74, 6) is 0.724. The van der Waals surface area contributed by atoms with E-state index in [0.717, 1.165) is 18.7 Å². The normalized spacial score (nSPS) is 17.5. The summed E-state index contributed by atoms with van der Waals surface area (Å²) in [5, 5.41) is 7.07. The van der Waals surface area contributed by atoms with E-state index in [9.17, 15) is 9.18 Å². The van der Waals surface area contributed by atoms with Crippen LogP contribution in [0, 0.1) is 5.82 Å². The highest BCUT2D eigenvalue weighted by atomic mass is 19.1. The first-order valence-electron chi connectivity index (χ1n) is 8.35. The second-order valence-corrected chi connectivity index (χ2v) is 5.81. The Morgan fingerprint density at radius 1 is 1.48 bits per heavy atom. The lowest BCUT2D eigenvalue weighted by molar-refractivity contribution is -0.141. The van der Waals surface area contributed by atoms with Crippen LogP contribution < -0.4 is 4.74 Å². The number of para-hydroxylation sites is 1. The van der Waals surface area contributed by atoms with E-state index in [0.29, 0.717) is 25.5 Å². The van der Waals surface area contributed by atoms with Crippen LogP contribution >= 0.6 is 0 Å². The smallest absolute Gasteiger partial charge is 0.260 e. The Balaban J connectivity index is 1.56. The van der Waals surface area contributed by atoms with E-state index in [2.05, 4.69) is 22.1 Å². The average molecular weight is 348 g/mol. The molecular formula is C17H21FN4O3. The third kappa shape index (κ3) is 4.33. The summed E-state index contributed by atoms with van der Waals surface area (Å²) < 4.78 is 24.5. The molecule has 8 heteroatoms. The van der Waals surface area contributed by atoms with Crippen molar-refractivity contribution in [3.8, 4) is 5.75 Å². The van der Waals surface area contributed by atoms with E-state index >= 15 is 0 Å². The number of carbonyl (C=O) groups is 1. The Hall–Kier alpha value is -2.48. The first-order chi connectivity index (χ1) is 12.2. The van der Waals surface area contributed by atoms with Gasteiger partial charge in [0.15, 0.2) is 24.0 Å². The van der Waals surface area contributed by atoms with Crippen molar-refractivity contribution in [2.24, 2.45) is 0 Å². The minimum absolute atomic E-state index is 0.0684. The van der Waals surface area contributed by atoms with Crippen LogP contribution in [0.5, 0.6) is 5.75 Å². The molecule has 1 N–H and O–H groups in total. The van der Waals surface area contributed by atoms with Crippen molar-refractivity contribution in [1.82, 2.24) is 20.1 Å². The first kappa shape index (κ1) is 17.3. The molecule has 2 heterocycles. The van der Waals surface area contributed by atoms with E-state index in [1.165, 1.54) is 12.1 Å². The molecule has 0 saturated carbocycles. The zero-order valence-electron chi connectivity index (χ0n) is 14.1. The first-order valence-corrected chi connectivity index (χ1v) is 8.35. The topological polar surface area (TPSA) is 80.3 Å². The number of halogens is 1. The number of aromatic nitrogens is 3. The van der Waals surface area contributed by atoms with Crippen LogP contribution in [0.25, 0.3) is 0 Å². The van der Waals surface area contributed by atoms with Crippen molar-refractivity contribution in [3.63, 3.8) is 0 Å². The van der Waals surface area contributed by atoms with E-state index < -0.39 is 5.82 Å². The molecule has 134 valence electrons. The van der Waals surface area contributed by atoms with Crippen molar-refractivity contribution in [2.75, 3.05) is 26.3 Å². The van der Waals surface area contributed by atoms with Crippen LogP contribution in [0.15, 0.2) is 24.3 Å². The predicted octanol–water partition coefficient (Wildman–Crippen LogP) is 1.88. The lowest BCUT2D eigenvalue weighted by Crippen LogP contribution is -2.44. The molecule has 7 nitrogen and oxygen atoms in total. The average Bonchev–Trinajstić information content (AvgIpc) is 3.10. The van der Waals surface area contributed by atoms with Crippen molar-refractivity contribution in [2.45, 2.75) is 25.9 Å². The van der Waals surface area contributed by atoms with Crippen molar-refractivity contribution >= 4 is 5.91 Å². The summed E-state index contributed by atoms with van der Waals surface area (Å²) in [6.45, 7) is 3.05. The molecule has 0 spiro atoms. The molecule has 0 bridgehead atoms. The van der Waals surface area contributed by atoms with Gasteiger partial charge in [-0.1, -0.05) is 19.1 Å². The monoisotopic (exact) mass is 348 g/mol. The summed E-state index contributed by atoms with van der Waals surface area (Å²) in [6, 6.07) is 6.01. The Morgan fingerprint density at radius 3 is 3.12 bits per heavy atom. The highest BCUT2D eigenvalue weighted by molar-refractivity contribution is 5.77. The second-order valence-electron chi connectivity index (χ2n) is 5.81. The highest BCUT2D eigenvalue weighted by Gasteiger charge is 2.28. The molecule has 1 fully saturated rings. The SMILES string of the molecule is CCCc1nc([C@@H]2CN(C(=O)COc3ccccc3F)CCO2)n[nH]1. The zero-order valence-corrected chi connectivity index (χ0v) is 14.1. The number of aromatic amines is 1. The van der Waals surface area contributed by atoms with Crippen molar-refractivity contribution in [3.05, 3.63) is 41.7 Å². The summed E-state index contributed by atoms with van der Waals surface area (Å²) in [7, 11) is 0. The Kier molecular flexibility index (Phi) is 5.60. The minimum Gasteiger partial charge on any atom is -0.481 e. The van der Waals surface area contributed by atoms with E-state index in [1.54, 1.807) is 17.0 Å². The number of amides is 1. The molecule has 1 aromatic carbocycles. The molecule has 1 amide bonds. The van der Waals surface area contributed by atoms with Crippen LogP contribution in [0.3, 0.4) is 0 Å². The maximum Gasteiger partial charge on any atom is 0.260 e. The lowest BCUT2D eigenvalue weighted by Gasteiger charge is -2.31. The van der Waals surface area contributed by atoms with E-state index in [1.807, 2.05) is 0 Å². The molecule has 1 aliphatic heterocycles. The molecule has 1 saturated heterocycles. The number of hydrogen-bond acceptors (Lipinski definition) is 5. The fraction of sp³-hybridized carbons (Fsp3) is 0.471. The summed E-state index contributed by atoms with van der Waals surface area (Å²) in [6.07, 6.45) is 1.42. The minimum atomic E-state index is -0.487. The Bertz CT molecular complexity index is 721. The standard InChI is InChI=1S/C17H21FN4O3/c1-2-5-15-19-17(21-20-15)14-10-22(8-9-24-14)16(23)11-25-13-7-4-3-6-12(13)18/h3-4,6-7,14H,2,5,8-11H2,1H3,(H,19,20,21)/t14-/m0/s1. The van der Waals surface area contributed by atoms with Gasteiger partial charge in [0.2, 0.25) is 0 Å². The second kappa shape index (κ2) is 8.06. The molecule has 3 rings (SSSR count). The molecule has 2 aromatic rings. The van der Waals surface area contributed by atoms with Gasteiger partial charge in [0.1, 0.15) is 11.9 Å². The molecule has 1 atom stereocenters. The third-order valence-electron chi connectivity index (χ3n) is 3.93. The molecule has 0 radical (unpaired) electrons. The van der Waals surface area contributed by atoms with Gasteiger partial charge >= 0.3 is 0 Å². The number of rotatable bonds is 6. The maximum absolute atomic E-state index is 13.5. The van der Waals surface area contributed by atoms with Crippen LogP contribution in [0.2, 0.25) is 0 Å². The van der Waals surface area contributed by atoms with Gasteiger partial charge in [0.25, 0.3) is 5.91 Å². The molecular weight excluding hydrogens is 327 g/mol.